The van der Waals surface area contributed by atoms with Crippen molar-refractivity contribution in [3.05, 3.63) is 0 Å². The summed E-state index contributed by atoms with van der Waals surface area (Å²) in [6, 6.07) is 0. The summed E-state index contributed by atoms with van der Waals surface area (Å²) in [5, 5.41) is 0. The number of rotatable bonds is 6. The zero-order valence-electron chi connectivity index (χ0n) is 26.1. The maximum absolute atomic E-state index is 12.5. The largest absolute Gasteiger partial charge is 0.354 e. The molecule has 4 aliphatic heterocycles. The molecule has 0 aromatic rings. The normalized spacial score (nSPS) is 20.1. The lowest BCUT2D eigenvalue weighted by Gasteiger charge is -2.37. The second-order valence-corrected chi connectivity index (χ2v) is 20.6. The standard InChI is InChI=1S/C28H44N6O2S10/c35-27(41-21-19-29-7-3-1-4-8-29)43-23(37)31-11-15-33(16-12-31)25(39)45-46-26(40)34-17-13-32(14-18-34)24(38)44-28(36)42-22-20-30-9-5-2-6-10-30/h1-22H2. The van der Waals surface area contributed by atoms with Crippen LogP contribution in [0.1, 0.15) is 38.5 Å². The van der Waals surface area contributed by atoms with E-state index in [4.69, 9.17) is 48.9 Å². The molecule has 0 radical (unpaired) electrons. The third-order valence-corrected chi connectivity index (χ3v) is 16.7. The van der Waals surface area contributed by atoms with Gasteiger partial charge in [0.1, 0.15) is 17.3 Å². The molecule has 258 valence electrons. The van der Waals surface area contributed by atoms with Gasteiger partial charge in [0.25, 0.3) is 8.89 Å². The van der Waals surface area contributed by atoms with Crippen LogP contribution in [-0.4, -0.2) is 159 Å². The van der Waals surface area contributed by atoms with Crippen LogP contribution < -0.4 is 0 Å². The van der Waals surface area contributed by atoms with Crippen LogP contribution in [0, 0.1) is 0 Å². The number of thiocarbonyl (C=S) groups is 4. The van der Waals surface area contributed by atoms with Gasteiger partial charge in [-0.15, -0.1) is 0 Å². The molecule has 0 aromatic heterocycles. The fourth-order valence-corrected chi connectivity index (χ4v) is 12.8. The zero-order chi connectivity index (χ0) is 32.7. The van der Waals surface area contributed by atoms with Crippen LogP contribution in [0.15, 0.2) is 0 Å². The molecule has 0 atom stereocenters. The van der Waals surface area contributed by atoms with Gasteiger partial charge in [-0.3, -0.25) is 9.59 Å². The second kappa shape index (κ2) is 22.0. The Kier molecular flexibility index (Phi) is 19.0. The Morgan fingerprint density at radius 2 is 0.739 bits per heavy atom. The molecule has 0 saturated carbocycles. The van der Waals surface area contributed by atoms with E-state index < -0.39 is 0 Å². The van der Waals surface area contributed by atoms with Crippen molar-refractivity contribution in [2.75, 3.05) is 103 Å². The quantitative estimate of drug-likeness (QED) is 0.207. The summed E-state index contributed by atoms with van der Waals surface area (Å²) < 4.78 is 3.15. The van der Waals surface area contributed by atoms with E-state index >= 15 is 0 Å². The van der Waals surface area contributed by atoms with E-state index in [0.29, 0.717) is 8.64 Å². The van der Waals surface area contributed by atoms with Gasteiger partial charge in [0.05, 0.1) is 0 Å². The molecular weight excluding hydrogens is 773 g/mol. The number of likely N-dealkylation sites (tertiary alicyclic amines) is 2. The number of carbonyl (C=O) groups excluding carboxylic acids is 2. The molecule has 8 nitrogen and oxygen atoms in total. The van der Waals surface area contributed by atoms with E-state index in [1.165, 1.54) is 107 Å². The molecule has 0 amide bonds. The van der Waals surface area contributed by atoms with Gasteiger partial charge in [0, 0.05) is 77.0 Å². The summed E-state index contributed by atoms with van der Waals surface area (Å²) in [4.78, 5) is 38.5. The van der Waals surface area contributed by atoms with Crippen LogP contribution in [0.2, 0.25) is 0 Å². The van der Waals surface area contributed by atoms with E-state index in [1.54, 1.807) is 0 Å². The van der Waals surface area contributed by atoms with Gasteiger partial charge >= 0.3 is 0 Å². The first kappa shape index (κ1) is 39.7. The minimum Gasteiger partial charge on any atom is -0.354 e. The molecule has 4 aliphatic rings. The third kappa shape index (κ3) is 14.3. The van der Waals surface area contributed by atoms with Gasteiger partial charge in [-0.25, -0.2) is 0 Å². The Hall–Kier alpha value is 0.920. The smallest absolute Gasteiger partial charge is 0.253 e. The van der Waals surface area contributed by atoms with Crippen molar-refractivity contribution < 1.29 is 9.59 Å². The van der Waals surface area contributed by atoms with Crippen molar-refractivity contribution in [3.8, 4) is 0 Å². The highest BCUT2D eigenvalue weighted by molar-refractivity contribution is 8.89. The van der Waals surface area contributed by atoms with Gasteiger partial charge in [-0.2, -0.15) is 0 Å². The van der Waals surface area contributed by atoms with E-state index in [9.17, 15) is 9.59 Å². The van der Waals surface area contributed by atoms with Crippen LogP contribution >= 0.6 is 118 Å². The lowest BCUT2D eigenvalue weighted by atomic mass is 10.1. The van der Waals surface area contributed by atoms with E-state index in [-0.39, 0.29) is 8.89 Å². The van der Waals surface area contributed by atoms with Crippen LogP contribution in [0.4, 0.5) is 9.59 Å². The van der Waals surface area contributed by atoms with Crippen LogP contribution in [-0.2, 0) is 0 Å². The third-order valence-electron chi connectivity index (χ3n) is 8.27. The van der Waals surface area contributed by atoms with Crippen molar-refractivity contribution >= 4 is 144 Å². The summed E-state index contributed by atoms with van der Waals surface area (Å²) >= 11 is 27.8. The minimum absolute atomic E-state index is 0.0906. The fraction of sp³-hybridized carbons (Fsp3) is 0.786. The Morgan fingerprint density at radius 1 is 0.435 bits per heavy atom. The molecule has 0 aromatic carbocycles. The molecule has 4 heterocycles. The maximum Gasteiger partial charge on any atom is 0.253 e. The van der Waals surface area contributed by atoms with Gasteiger partial charge in [0.15, 0.2) is 0 Å². The first-order valence-corrected chi connectivity index (χ1v) is 23.3. The molecule has 46 heavy (non-hydrogen) atoms. The Labute approximate surface area is 321 Å². The van der Waals surface area contributed by atoms with Crippen molar-refractivity contribution in [1.82, 2.24) is 29.4 Å². The Balaban J connectivity index is 1.04. The SMILES string of the molecule is O=C(SCCN1CCCCC1)SC(=S)N1CCN(C(=S)SSC(=S)N2CCN(C(=S)SC(=O)SCCN3CCCCC3)CC2)CC1. The molecule has 0 bridgehead atoms. The van der Waals surface area contributed by atoms with Crippen LogP contribution in [0.3, 0.4) is 0 Å². The van der Waals surface area contributed by atoms with Gasteiger partial charge in [-0.1, -0.05) is 85.2 Å². The topological polar surface area (TPSA) is 53.6 Å². The van der Waals surface area contributed by atoms with Crippen molar-refractivity contribution in [3.63, 3.8) is 0 Å². The summed E-state index contributed by atoms with van der Waals surface area (Å²) in [6.45, 7) is 12.7. The number of nitrogens with zero attached hydrogens (tertiary/aromatic N) is 6. The number of piperazine rings is 2. The summed E-state index contributed by atoms with van der Waals surface area (Å²) in [5.41, 5.74) is 0. The molecule has 18 heteroatoms. The number of hydrogen-bond donors (Lipinski definition) is 0. The predicted octanol–water partition coefficient (Wildman–Crippen LogP) is 6.89. The molecule has 4 rings (SSSR count). The van der Waals surface area contributed by atoms with Crippen LogP contribution in [0.5, 0.6) is 0 Å². The number of thioether (sulfide) groups is 4. The maximum atomic E-state index is 12.5. The van der Waals surface area contributed by atoms with E-state index in [0.717, 1.165) is 112 Å². The van der Waals surface area contributed by atoms with E-state index in [1.807, 2.05) is 0 Å². The van der Waals surface area contributed by atoms with Crippen molar-refractivity contribution in [2.24, 2.45) is 0 Å². The first-order chi connectivity index (χ1) is 22.3. The summed E-state index contributed by atoms with van der Waals surface area (Å²) in [5.74, 6) is 1.66. The second-order valence-electron chi connectivity index (χ2n) is 11.4. The average Bonchev–Trinajstić information content (AvgIpc) is 3.08. The Bertz CT molecular complexity index is 977. The number of piperidine rings is 2. The molecule has 4 saturated heterocycles. The van der Waals surface area contributed by atoms with Gasteiger partial charge in [0.2, 0.25) is 0 Å². The fourth-order valence-electron chi connectivity index (χ4n) is 5.53. The predicted molar refractivity (Wildman–Crippen MR) is 223 cm³/mol. The van der Waals surface area contributed by atoms with Gasteiger partial charge in [-0.05, 0) is 97.0 Å². The summed E-state index contributed by atoms with van der Waals surface area (Å²) in [6.07, 6.45) is 7.73. The first-order valence-electron chi connectivity index (χ1n) is 15.9. The number of carbonyl (C=O) groups is 2. The number of hydrogen-bond acceptors (Lipinski definition) is 14. The lowest BCUT2D eigenvalue weighted by Crippen LogP contribution is -2.49. The molecule has 4 fully saturated rings. The highest BCUT2D eigenvalue weighted by Gasteiger charge is 2.26. The van der Waals surface area contributed by atoms with Crippen LogP contribution in [0.25, 0.3) is 0 Å². The highest BCUT2D eigenvalue weighted by Crippen LogP contribution is 2.30. The molecule has 0 unspecified atom stereocenters. The molecule has 0 spiro atoms. The highest BCUT2D eigenvalue weighted by atomic mass is 33.1. The Morgan fingerprint density at radius 3 is 1.07 bits per heavy atom. The molecule has 0 N–H and O–H groups in total. The zero-order valence-corrected chi connectivity index (χ0v) is 34.3. The van der Waals surface area contributed by atoms with E-state index in [2.05, 4.69) is 29.4 Å². The average molecular weight is 817 g/mol. The summed E-state index contributed by atoms with van der Waals surface area (Å²) in [7, 11) is 3.08. The van der Waals surface area contributed by atoms with Gasteiger partial charge < -0.3 is 29.4 Å². The monoisotopic (exact) mass is 816 g/mol. The molecule has 0 aliphatic carbocycles. The van der Waals surface area contributed by atoms with Crippen molar-refractivity contribution in [2.45, 2.75) is 38.5 Å². The minimum atomic E-state index is 0.0906. The molecular formula is C28H44N6O2S10. The lowest BCUT2D eigenvalue weighted by molar-refractivity contribution is 0.242. The van der Waals surface area contributed by atoms with Crippen molar-refractivity contribution in [1.29, 1.82) is 0 Å².